The highest BCUT2D eigenvalue weighted by molar-refractivity contribution is 5.46. The fourth-order valence-corrected chi connectivity index (χ4v) is 3.10. The first-order chi connectivity index (χ1) is 13.6. The number of pyridine rings is 1. The third-order valence-corrected chi connectivity index (χ3v) is 4.40. The summed E-state index contributed by atoms with van der Waals surface area (Å²) in [5.41, 5.74) is 2.17. The molecule has 0 saturated heterocycles. The number of halogens is 2. The molecule has 0 aliphatic carbocycles. The molecule has 0 spiro atoms. The Hall–Kier alpha value is -2.99. The van der Waals surface area contributed by atoms with Crippen LogP contribution < -0.4 is 9.47 Å². The average molecular weight is 384 g/mol. The zero-order valence-corrected chi connectivity index (χ0v) is 15.9. The summed E-state index contributed by atoms with van der Waals surface area (Å²) in [6, 6.07) is 15.0. The average Bonchev–Trinajstić information content (AvgIpc) is 2.70. The number of rotatable bonds is 8. The van der Waals surface area contributed by atoms with Gasteiger partial charge in [0.2, 0.25) is 0 Å². The van der Waals surface area contributed by atoms with Gasteiger partial charge in [0.05, 0.1) is 19.9 Å². The molecule has 3 rings (SSSR count). The van der Waals surface area contributed by atoms with E-state index in [4.69, 9.17) is 9.47 Å². The number of benzene rings is 2. The van der Waals surface area contributed by atoms with Crippen LogP contribution in [0.25, 0.3) is 0 Å². The summed E-state index contributed by atoms with van der Waals surface area (Å²) in [5, 5.41) is 0. The molecule has 0 N–H and O–H groups in total. The van der Waals surface area contributed by atoms with Crippen molar-refractivity contribution < 1.29 is 18.3 Å². The summed E-state index contributed by atoms with van der Waals surface area (Å²) in [4.78, 5) is 6.39. The third kappa shape index (κ3) is 4.84. The van der Waals surface area contributed by atoms with Gasteiger partial charge in [0.1, 0.15) is 11.6 Å². The van der Waals surface area contributed by atoms with Crippen molar-refractivity contribution in [3.8, 4) is 11.5 Å². The van der Waals surface area contributed by atoms with Crippen molar-refractivity contribution in [2.45, 2.75) is 19.6 Å². The maximum absolute atomic E-state index is 14.2. The molecule has 1 aromatic heterocycles. The van der Waals surface area contributed by atoms with Gasteiger partial charge in [0, 0.05) is 43.0 Å². The van der Waals surface area contributed by atoms with Crippen LogP contribution in [0.3, 0.4) is 0 Å². The summed E-state index contributed by atoms with van der Waals surface area (Å²) < 4.78 is 38.4. The van der Waals surface area contributed by atoms with E-state index in [2.05, 4.69) is 4.98 Å². The Morgan fingerprint density at radius 3 is 2.36 bits per heavy atom. The van der Waals surface area contributed by atoms with E-state index in [9.17, 15) is 8.78 Å². The molecular weight excluding hydrogens is 362 g/mol. The Labute approximate surface area is 163 Å². The molecule has 28 heavy (non-hydrogen) atoms. The molecule has 4 nitrogen and oxygen atoms in total. The fourth-order valence-electron chi connectivity index (χ4n) is 3.10. The normalized spacial score (nSPS) is 10.9. The van der Waals surface area contributed by atoms with Crippen molar-refractivity contribution in [1.29, 1.82) is 0 Å². The van der Waals surface area contributed by atoms with E-state index in [1.807, 2.05) is 41.3 Å². The number of nitrogens with zero attached hydrogens (tertiary/aromatic N) is 2. The van der Waals surface area contributed by atoms with Crippen molar-refractivity contribution in [1.82, 2.24) is 9.88 Å². The highest BCUT2D eigenvalue weighted by Gasteiger charge is 2.16. The van der Waals surface area contributed by atoms with E-state index in [1.165, 1.54) is 12.1 Å². The van der Waals surface area contributed by atoms with Gasteiger partial charge >= 0.3 is 0 Å². The largest absolute Gasteiger partial charge is 0.493 e. The lowest BCUT2D eigenvalue weighted by Crippen LogP contribution is -2.24. The van der Waals surface area contributed by atoms with E-state index in [1.54, 1.807) is 20.4 Å². The van der Waals surface area contributed by atoms with E-state index >= 15 is 0 Å². The van der Waals surface area contributed by atoms with Crippen LogP contribution in [0.1, 0.15) is 16.8 Å². The molecule has 0 unspecified atom stereocenters. The van der Waals surface area contributed by atoms with Crippen molar-refractivity contribution >= 4 is 0 Å². The molecule has 1 heterocycles. The Morgan fingerprint density at radius 1 is 0.857 bits per heavy atom. The molecule has 0 atom stereocenters. The molecule has 146 valence electrons. The zero-order chi connectivity index (χ0) is 19.9. The van der Waals surface area contributed by atoms with Gasteiger partial charge in [0.25, 0.3) is 0 Å². The molecule has 0 fully saturated rings. The molecule has 0 aliphatic heterocycles. The van der Waals surface area contributed by atoms with Crippen LogP contribution >= 0.6 is 0 Å². The van der Waals surface area contributed by atoms with Crippen molar-refractivity contribution in [2.24, 2.45) is 0 Å². The van der Waals surface area contributed by atoms with Crippen LogP contribution in [-0.4, -0.2) is 24.1 Å². The highest BCUT2D eigenvalue weighted by atomic mass is 19.1. The minimum Gasteiger partial charge on any atom is -0.493 e. The van der Waals surface area contributed by atoms with Gasteiger partial charge in [-0.25, -0.2) is 8.78 Å². The summed E-state index contributed by atoms with van der Waals surface area (Å²) in [6.45, 7) is 1.27. The lowest BCUT2D eigenvalue weighted by Gasteiger charge is -2.24. The van der Waals surface area contributed by atoms with Gasteiger partial charge in [-0.3, -0.25) is 9.88 Å². The Morgan fingerprint density at radius 2 is 1.68 bits per heavy atom. The first-order valence-corrected chi connectivity index (χ1v) is 8.86. The SMILES string of the molecule is COc1cccc(CN(Cc2ccccn2)Cc2ccc(F)cc2F)c1OC. The van der Waals surface area contributed by atoms with E-state index in [0.717, 1.165) is 17.3 Å². The Bertz CT molecular complexity index is 920. The molecule has 6 heteroatoms. The zero-order valence-electron chi connectivity index (χ0n) is 15.9. The quantitative estimate of drug-likeness (QED) is 0.569. The van der Waals surface area contributed by atoms with E-state index < -0.39 is 11.6 Å². The van der Waals surface area contributed by atoms with Gasteiger partial charge in [-0.1, -0.05) is 24.3 Å². The maximum Gasteiger partial charge on any atom is 0.165 e. The monoisotopic (exact) mass is 384 g/mol. The number of methoxy groups -OCH3 is 2. The number of aromatic nitrogens is 1. The molecule has 0 radical (unpaired) electrons. The van der Waals surface area contributed by atoms with Gasteiger partial charge in [-0.05, 0) is 24.3 Å². The Balaban J connectivity index is 1.90. The number of hydrogen-bond acceptors (Lipinski definition) is 4. The maximum atomic E-state index is 14.2. The number of para-hydroxylation sites is 1. The molecule has 2 aromatic carbocycles. The molecule has 0 saturated carbocycles. The van der Waals surface area contributed by atoms with Gasteiger partial charge in [-0.2, -0.15) is 0 Å². The lowest BCUT2D eigenvalue weighted by atomic mass is 10.1. The van der Waals surface area contributed by atoms with Crippen LogP contribution in [-0.2, 0) is 19.6 Å². The number of hydrogen-bond donors (Lipinski definition) is 0. The lowest BCUT2D eigenvalue weighted by molar-refractivity contribution is 0.236. The van der Waals surface area contributed by atoms with Crippen molar-refractivity contribution in [3.05, 3.63) is 89.2 Å². The second-order valence-corrected chi connectivity index (χ2v) is 6.35. The summed E-state index contributed by atoms with van der Waals surface area (Å²) in [5.74, 6) is 0.108. The summed E-state index contributed by atoms with van der Waals surface area (Å²) >= 11 is 0. The van der Waals surface area contributed by atoms with Crippen molar-refractivity contribution in [3.63, 3.8) is 0 Å². The van der Waals surface area contributed by atoms with Crippen LogP contribution in [0.5, 0.6) is 11.5 Å². The molecule has 0 aliphatic rings. The first kappa shape index (κ1) is 19.8. The van der Waals surface area contributed by atoms with Crippen LogP contribution in [0.2, 0.25) is 0 Å². The van der Waals surface area contributed by atoms with Gasteiger partial charge < -0.3 is 9.47 Å². The fraction of sp³-hybridized carbons (Fsp3) is 0.227. The van der Waals surface area contributed by atoms with Crippen LogP contribution in [0.4, 0.5) is 8.78 Å². The molecule has 0 amide bonds. The standard InChI is InChI=1S/C22H22F2N2O2/c1-27-21-8-5-6-17(22(21)28-2)14-26(15-19-7-3-4-11-25-19)13-16-9-10-18(23)12-20(16)24/h3-12H,13-15H2,1-2H3. The topological polar surface area (TPSA) is 34.6 Å². The van der Waals surface area contributed by atoms with E-state index in [0.29, 0.717) is 36.7 Å². The third-order valence-electron chi connectivity index (χ3n) is 4.40. The Kier molecular flexibility index (Phi) is 6.55. The highest BCUT2D eigenvalue weighted by Crippen LogP contribution is 2.32. The predicted molar refractivity (Wildman–Crippen MR) is 103 cm³/mol. The van der Waals surface area contributed by atoms with Crippen LogP contribution in [0.15, 0.2) is 60.8 Å². The van der Waals surface area contributed by atoms with Gasteiger partial charge in [0.15, 0.2) is 11.5 Å². The first-order valence-electron chi connectivity index (χ1n) is 8.86. The van der Waals surface area contributed by atoms with E-state index in [-0.39, 0.29) is 0 Å². The molecular formula is C22H22F2N2O2. The molecule has 0 bridgehead atoms. The van der Waals surface area contributed by atoms with Gasteiger partial charge in [-0.15, -0.1) is 0 Å². The second-order valence-electron chi connectivity index (χ2n) is 6.35. The second kappa shape index (κ2) is 9.28. The minimum atomic E-state index is -0.591. The number of ether oxygens (including phenoxy) is 2. The summed E-state index contributed by atoms with van der Waals surface area (Å²) in [6.07, 6.45) is 1.72. The summed E-state index contributed by atoms with van der Waals surface area (Å²) in [7, 11) is 3.17. The van der Waals surface area contributed by atoms with Crippen molar-refractivity contribution in [2.75, 3.05) is 14.2 Å². The molecule has 3 aromatic rings. The predicted octanol–water partition coefficient (Wildman–Crippen LogP) is 4.58. The minimum absolute atomic E-state index is 0.295. The van der Waals surface area contributed by atoms with Crippen LogP contribution in [0, 0.1) is 11.6 Å². The smallest absolute Gasteiger partial charge is 0.165 e.